The third kappa shape index (κ3) is 6.03. The quantitative estimate of drug-likeness (QED) is 0.415. The average Bonchev–Trinajstić information content (AvgIpc) is 2.58. The summed E-state index contributed by atoms with van der Waals surface area (Å²) in [5.74, 6) is 1.76. The molecule has 2 aromatic carbocycles. The van der Waals surface area contributed by atoms with Gasteiger partial charge in [0.05, 0.1) is 21.2 Å². The molecular formula is C21H26Br2O2. The number of rotatable bonds is 8. The number of ether oxygens (including phenoxy) is 2. The monoisotopic (exact) mass is 468 g/mol. The minimum atomic E-state index is 0.0625. The van der Waals surface area contributed by atoms with Crippen LogP contribution >= 0.6 is 31.9 Å². The predicted octanol–water partition coefficient (Wildman–Crippen LogP) is 6.96. The maximum Gasteiger partial charge on any atom is 0.133 e. The fourth-order valence-corrected chi connectivity index (χ4v) is 3.76. The van der Waals surface area contributed by atoms with Crippen molar-refractivity contribution >= 4 is 31.9 Å². The lowest BCUT2D eigenvalue weighted by Crippen LogP contribution is -2.23. The van der Waals surface area contributed by atoms with Gasteiger partial charge in [0, 0.05) is 6.42 Å². The molecule has 0 aliphatic rings. The second kappa shape index (κ2) is 9.63. The van der Waals surface area contributed by atoms with E-state index >= 15 is 0 Å². The Kier molecular flexibility index (Phi) is 7.82. The molecule has 2 rings (SSSR count). The van der Waals surface area contributed by atoms with Crippen LogP contribution in [-0.4, -0.2) is 12.2 Å². The van der Waals surface area contributed by atoms with Crippen LogP contribution < -0.4 is 9.47 Å². The van der Waals surface area contributed by atoms with Gasteiger partial charge in [-0.15, -0.1) is 0 Å². The summed E-state index contributed by atoms with van der Waals surface area (Å²) in [6.07, 6.45) is 2.97. The summed E-state index contributed by atoms with van der Waals surface area (Å²) in [6, 6.07) is 12.5. The molecule has 0 aromatic heterocycles. The summed E-state index contributed by atoms with van der Waals surface area (Å²) >= 11 is 7.19. The van der Waals surface area contributed by atoms with Crippen molar-refractivity contribution < 1.29 is 9.47 Å². The van der Waals surface area contributed by atoms with Crippen LogP contribution in [0, 0.1) is 0 Å². The summed E-state index contributed by atoms with van der Waals surface area (Å²) in [7, 11) is 0. The maximum atomic E-state index is 6.08. The summed E-state index contributed by atoms with van der Waals surface area (Å²) < 4.78 is 14.2. The van der Waals surface area contributed by atoms with Crippen molar-refractivity contribution in [1.29, 1.82) is 0 Å². The number of halogens is 2. The first-order valence-corrected chi connectivity index (χ1v) is 10.4. The Balaban J connectivity index is 1.92. The van der Waals surface area contributed by atoms with Crippen molar-refractivity contribution in [3.05, 3.63) is 56.5 Å². The highest BCUT2D eigenvalue weighted by Crippen LogP contribution is 2.30. The van der Waals surface area contributed by atoms with E-state index in [9.17, 15) is 0 Å². The third-order valence-electron chi connectivity index (χ3n) is 4.13. The van der Waals surface area contributed by atoms with Crippen LogP contribution in [-0.2, 0) is 12.8 Å². The van der Waals surface area contributed by atoms with E-state index < -0.39 is 0 Å². The van der Waals surface area contributed by atoms with Crippen molar-refractivity contribution in [2.75, 3.05) is 0 Å². The van der Waals surface area contributed by atoms with Crippen molar-refractivity contribution in [2.24, 2.45) is 0 Å². The Morgan fingerprint density at radius 1 is 0.760 bits per heavy atom. The zero-order valence-corrected chi connectivity index (χ0v) is 18.5. The second-order valence-electron chi connectivity index (χ2n) is 6.33. The van der Waals surface area contributed by atoms with Gasteiger partial charge in [-0.3, -0.25) is 0 Å². The minimum Gasteiger partial charge on any atom is -0.489 e. The Hall–Kier alpha value is -1.000. The summed E-state index contributed by atoms with van der Waals surface area (Å²) in [5.41, 5.74) is 2.59. The first kappa shape index (κ1) is 20.3. The van der Waals surface area contributed by atoms with Crippen LogP contribution in [0.2, 0.25) is 0 Å². The molecule has 2 atom stereocenters. The molecular weight excluding hydrogens is 444 g/mol. The number of hydrogen-bond acceptors (Lipinski definition) is 2. The van der Waals surface area contributed by atoms with Gasteiger partial charge in [0.25, 0.3) is 0 Å². The van der Waals surface area contributed by atoms with E-state index in [1.54, 1.807) is 0 Å². The normalized spacial score (nSPS) is 13.4. The number of hydrogen-bond donors (Lipinski definition) is 0. The van der Waals surface area contributed by atoms with Crippen LogP contribution in [0.3, 0.4) is 0 Å². The molecule has 0 bridgehead atoms. The van der Waals surface area contributed by atoms with E-state index in [4.69, 9.17) is 9.47 Å². The zero-order valence-electron chi connectivity index (χ0n) is 15.3. The van der Waals surface area contributed by atoms with E-state index in [1.165, 1.54) is 11.1 Å². The van der Waals surface area contributed by atoms with Crippen LogP contribution in [0.1, 0.15) is 45.2 Å². The van der Waals surface area contributed by atoms with E-state index in [1.807, 2.05) is 12.1 Å². The van der Waals surface area contributed by atoms with Crippen LogP contribution in [0.15, 0.2) is 45.3 Å². The van der Waals surface area contributed by atoms with Gasteiger partial charge in [-0.25, -0.2) is 0 Å². The van der Waals surface area contributed by atoms with E-state index in [2.05, 4.69) is 83.8 Å². The molecule has 0 N–H and O–H groups in total. The van der Waals surface area contributed by atoms with E-state index in [0.29, 0.717) is 0 Å². The van der Waals surface area contributed by atoms with Gasteiger partial charge in [0.15, 0.2) is 0 Å². The topological polar surface area (TPSA) is 18.5 Å². The molecule has 2 nitrogen and oxygen atoms in total. The van der Waals surface area contributed by atoms with E-state index in [0.717, 1.165) is 39.7 Å². The smallest absolute Gasteiger partial charge is 0.133 e. The molecule has 0 amide bonds. The van der Waals surface area contributed by atoms with Gasteiger partial charge in [0.1, 0.15) is 11.5 Å². The molecule has 4 heteroatoms. The molecule has 25 heavy (non-hydrogen) atoms. The largest absolute Gasteiger partial charge is 0.489 e. The first-order valence-electron chi connectivity index (χ1n) is 8.83. The third-order valence-corrected chi connectivity index (χ3v) is 5.37. The molecule has 0 saturated carbocycles. The standard InChI is InChI=1S/C21H26Br2O2/c1-5-16-7-9-20(18(22)12-16)24-14(3)11-15(4)25-21-10-8-17(6-2)13-19(21)23/h7-10,12-15H,5-6,11H2,1-4H3/t14-,15-/m0/s1. The highest BCUT2D eigenvalue weighted by atomic mass is 79.9. The molecule has 0 saturated heterocycles. The molecule has 2 aromatic rings. The van der Waals surface area contributed by atoms with Crippen LogP contribution in [0.25, 0.3) is 0 Å². The van der Waals surface area contributed by atoms with Gasteiger partial charge in [-0.2, -0.15) is 0 Å². The Morgan fingerprint density at radius 3 is 1.48 bits per heavy atom. The Morgan fingerprint density at radius 2 is 1.16 bits per heavy atom. The highest BCUT2D eigenvalue weighted by Gasteiger charge is 2.14. The SMILES string of the molecule is CCc1ccc(O[C@@H](C)C[C@H](C)Oc2ccc(CC)cc2Br)c(Br)c1. The number of aryl methyl sites for hydroxylation is 2. The van der Waals surface area contributed by atoms with Gasteiger partial charge in [-0.05, 0) is 93.9 Å². The minimum absolute atomic E-state index is 0.0625. The molecule has 0 unspecified atom stereocenters. The molecule has 0 fully saturated rings. The van der Waals surface area contributed by atoms with Crippen LogP contribution in [0.5, 0.6) is 11.5 Å². The van der Waals surface area contributed by atoms with Gasteiger partial charge >= 0.3 is 0 Å². The molecule has 0 aliphatic heterocycles. The highest BCUT2D eigenvalue weighted by molar-refractivity contribution is 9.10. The zero-order chi connectivity index (χ0) is 18.4. The Labute approximate surface area is 168 Å². The fourth-order valence-electron chi connectivity index (χ4n) is 2.72. The summed E-state index contributed by atoms with van der Waals surface area (Å²) in [6.45, 7) is 8.45. The summed E-state index contributed by atoms with van der Waals surface area (Å²) in [4.78, 5) is 0. The number of benzene rings is 2. The van der Waals surface area contributed by atoms with Gasteiger partial charge in [-0.1, -0.05) is 26.0 Å². The van der Waals surface area contributed by atoms with Gasteiger partial charge in [0.2, 0.25) is 0 Å². The average molecular weight is 470 g/mol. The van der Waals surface area contributed by atoms with Crippen molar-refractivity contribution in [1.82, 2.24) is 0 Å². The fraction of sp³-hybridized carbons (Fsp3) is 0.429. The van der Waals surface area contributed by atoms with Crippen molar-refractivity contribution in [3.8, 4) is 11.5 Å². The van der Waals surface area contributed by atoms with Crippen molar-refractivity contribution in [2.45, 2.75) is 59.2 Å². The molecule has 136 valence electrons. The first-order chi connectivity index (χ1) is 11.9. The molecule has 0 aliphatic carbocycles. The lowest BCUT2D eigenvalue weighted by molar-refractivity contribution is 0.130. The van der Waals surface area contributed by atoms with Crippen molar-refractivity contribution in [3.63, 3.8) is 0 Å². The van der Waals surface area contributed by atoms with Crippen LogP contribution in [0.4, 0.5) is 0 Å². The van der Waals surface area contributed by atoms with E-state index in [-0.39, 0.29) is 12.2 Å². The predicted molar refractivity (Wildman–Crippen MR) is 112 cm³/mol. The lowest BCUT2D eigenvalue weighted by atomic mass is 10.1. The molecule has 0 radical (unpaired) electrons. The second-order valence-corrected chi connectivity index (χ2v) is 8.04. The lowest BCUT2D eigenvalue weighted by Gasteiger charge is -2.21. The molecule has 0 spiro atoms. The Bertz CT molecular complexity index is 641. The summed E-state index contributed by atoms with van der Waals surface area (Å²) in [5, 5.41) is 0. The molecule has 0 heterocycles. The maximum absolute atomic E-state index is 6.08. The van der Waals surface area contributed by atoms with Gasteiger partial charge < -0.3 is 9.47 Å².